The van der Waals surface area contributed by atoms with Crippen LogP contribution in [0.25, 0.3) is 0 Å². The summed E-state index contributed by atoms with van der Waals surface area (Å²) in [7, 11) is 0. The molecule has 4 nitrogen and oxygen atoms in total. The van der Waals surface area contributed by atoms with Gasteiger partial charge in [-0.3, -0.25) is 9.59 Å². The smallest absolute Gasteiger partial charge is 0.308 e. The fraction of sp³-hybridized carbons (Fsp3) is 0.667. The molecule has 0 saturated carbocycles. The number of likely N-dealkylation sites (tertiary alicyclic amines) is 1. The molecule has 1 aliphatic heterocycles. The molecular weight excluding hydrogens is 244 g/mol. The molecule has 1 rings (SSSR count). The fourth-order valence-corrected chi connectivity index (χ4v) is 1.59. The number of hydrogen-bond acceptors (Lipinski definition) is 4. The van der Waals surface area contributed by atoms with Gasteiger partial charge in [0.2, 0.25) is 5.78 Å². The van der Waals surface area contributed by atoms with Gasteiger partial charge in [0, 0.05) is 19.4 Å². The summed E-state index contributed by atoms with van der Waals surface area (Å²) in [5, 5.41) is 0. The third kappa shape index (κ3) is 4.43. The number of rotatable bonds is 5. The molecule has 6 heteroatoms. The predicted octanol–water partition coefficient (Wildman–Crippen LogP) is 1.75. The van der Waals surface area contributed by atoms with Gasteiger partial charge < -0.3 is 9.64 Å². The number of allylic oxidation sites excluding steroid dienone is 1. The Hall–Kier alpha value is -1.46. The van der Waals surface area contributed by atoms with Gasteiger partial charge in [0.05, 0.1) is 13.2 Å². The lowest BCUT2D eigenvalue weighted by atomic mass is 10.1. The van der Waals surface area contributed by atoms with Crippen molar-refractivity contribution in [2.75, 3.05) is 19.7 Å². The minimum absolute atomic E-state index is 0.147. The molecule has 18 heavy (non-hydrogen) atoms. The lowest BCUT2D eigenvalue weighted by Gasteiger charge is -2.29. The van der Waals surface area contributed by atoms with Crippen molar-refractivity contribution in [3.63, 3.8) is 0 Å². The van der Waals surface area contributed by atoms with E-state index in [2.05, 4.69) is 0 Å². The third-order valence-electron chi connectivity index (χ3n) is 2.60. The molecule has 0 spiro atoms. The molecule has 102 valence electrons. The maximum atomic E-state index is 12.9. The highest BCUT2D eigenvalue weighted by Crippen LogP contribution is 2.24. The third-order valence-corrected chi connectivity index (χ3v) is 2.60. The zero-order chi connectivity index (χ0) is 13.6. The first-order chi connectivity index (χ1) is 8.45. The second-order valence-electron chi connectivity index (χ2n) is 4.08. The molecule has 0 N–H and O–H groups in total. The number of alkyl halides is 2. The van der Waals surface area contributed by atoms with E-state index in [0.29, 0.717) is 13.0 Å². The molecule has 0 bridgehead atoms. The van der Waals surface area contributed by atoms with Crippen LogP contribution < -0.4 is 0 Å². The monoisotopic (exact) mass is 261 g/mol. The highest BCUT2D eigenvalue weighted by molar-refractivity contribution is 5.88. The van der Waals surface area contributed by atoms with Gasteiger partial charge in [-0.25, -0.2) is 0 Å². The van der Waals surface area contributed by atoms with Crippen molar-refractivity contribution in [2.45, 2.75) is 32.1 Å². The number of carbonyl (C=O) groups excluding carboxylic acids is 2. The van der Waals surface area contributed by atoms with Gasteiger partial charge in [-0.15, -0.1) is 0 Å². The Kier molecular flexibility index (Phi) is 5.25. The number of nitrogens with zero attached hydrogens (tertiary/aromatic N) is 1. The zero-order valence-electron chi connectivity index (χ0n) is 10.3. The van der Waals surface area contributed by atoms with Gasteiger partial charge in [-0.1, -0.05) is 6.08 Å². The molecule has 0 aromatic rings. The Morgan fingerprint density at radius 2 is 2.28 bits per heavy atom. The molecule has 0 radical (unpaired) electrons. The largest absolute Gasteiger partial charge is 0.466 e. The topological polar surface area (TPSA) is 46.6 Å². The van der Waals surface area contributed by atoms with E-state index in [1.54, 1.807) is 19.2 Å². The van der Waals surface area contributed by atoms with Crippen molar-refractivity contribution in [1.29, 1.82) is 0 Å². The van der Waals surface area contributed by atoms with Gasteiger partial charge in [-0.05, 0) is 19.5 Å². The van der Waals surface area contributed by atoms with Crippen LogP contribution in [0.15, 0.2) is 12.3 Å². The van der Waals surface area contributed by atoms with Gasteiger partial charge >= 0.3 is 11.9 Å². The van der Waals surface area contributed by atoms with Crippen LogP contribution >= 0.6 is 0 Å². The summed E-state index contributed by atoms with van der Waals surface area (Å²) >= 11 is 0. The van der Waals surface area contributed by atoms with E-state index in [1.807, 2.05) is 0 Å². The van der Waals surface area contributed by atoms with Crippen molar-refractivity contribution in [3.8, 4) is 0 Å². The Bertz CT molecular complexity index is 342. The first kappa shape index (κ1) is 14.6. The highest BCUT2D eigenvalue weighted by Gasteiger charge is 2.42. The molecule has 0 aromatic heterocycles. The summed E-state index contributed by atoms with van der Waals surface area (Å²) in [6, 6.07) is 0. The molecule has 1 fully saturated rings. The van der Waals surface area contributed by atoms with Crippen LogP contribution in [0.5, 0.6) is 0 Å². The number of piperidine rings is 1. The minimum atomic E-state index is -3.19. The molecule has 0 unspecified atom stereocenters. The first-order valence-electron chi connectivity index (χ1n) is 5.93. The number of hydrogen-bond donors (Lipinski definition) is 0. The Morgan fingerprint density at radius 1 is 1.56 bits per heavy atom. The summed E-state index contributed by atoms with van der Waals surface area (Å²) in [6.07, 6.45) is 3.55. The van der Waals surface area contributed by atoms with Crippen LogP contribution in [0, 0.1) is 0 Å². The van der Waals surface area contributed by atoms with Crippen LogP contribution in [0.1, 0.15) is 26.2 Å². The van der Waals surface area contributed by atoms with Crippen LogP contribution in [0.2, 0.25) is 0 Å². The Balaban J connectivity index is 2.28. The molecule has 1 saturated heterocycles. The van der Waals surface area contributed by atoms with Crippen molar-refractivity contribution < 1.29 is 23.1 Å². The van der Waals surface area contributed by atoms with E-state index in [-0.39, 0.29) is 25.5 Å². The van der Waals surface area contributed by atoms with Crippen LogP contribution in [0.4, 0.5) is 8.78 Å². The Morgan fingerprint density at radius 3 is 2.89 bits per heavy atom. The minimum Gasteiger partial charge on any atom is -0.466 e. The van der Waals surface area contributed by atoms with E-state index in [1.165, 1.54) is 4.90 Å². The van der Waals surface area contributed by atoms with Crippen molar-refractivity contribution >= 4 is 11.8 Å². The van der Waals surface area contributed by atoms with E-state index in [9.17, 15) is 18.4 Å². The van der Waals surface area contributed by atoms with E-state index >= 15 is 0 Å². The van der Waals surface area contributed by atoms with Crippen LogP contribution in [0.3, 0.4) is 0 Å². The summed E-state index contributed by atoms with van der Waals surface area (Å²) in [4.78, 5) is 23.6. The summed E-state index contributed by atoms with van der Waals surface area (Å²) in [5.41, 5.74) is 0. The van der Waals surface area contributed by atoms with Crippen molar-refractivity contribution in [3.05, 3.63) is 12.3 Å². The number of halogens is 2. The maximum Gasteiger partial charge on any atom is 0.308 e. The number of ketones is 1. The number of carbonyl (C=O) groups is 2. The number of ether oxygens (including phenoxy) is 1. The van der Waals surface area contributed by atoms with Gasteiger partial charge in [0.25, 0.3) is 0 Å². The quantitative estimate of drug-likeness (QED) is 0.707. The average Bonchev–Trinajstić information content (AvgIpc) is 2.30. The second-order valence-corrected chi connectivity index (χ2v) is 4.08. The predicted molar refractivity (Wildman–Crippen MR) is 61.2 cm³/mol. The molecule has 0 amide bonds. The standard InChI is InChI=1S/C12H17F2NO3/c1-2-18-11(17)5-3-4-7-15-8-6-12(13,14)10(16)9-15/h4,7H,2-3,5-6,8-9H2,1H3. The average molecular weight is 261 g/mol. The summed E-state index contributed by atoms with van der Waals surface area (Å²) in [6.45, 7) is 1.95. The zero-order valence-corrected chi connectivity index (χ0v) is 10.3. The van der Waals surface area contributed by atoms with Crippen LogP contribution in [-0.4, -0.2) is 42.3 Å². The molecule has 0 aliphatic carbocycles. The van der Waals surface area contributed by atoms with Crippen molar-refractivity contribution in [1.82, 2.24) is 4.90 Å². The van der Waals surface area contributed by atoms with Gasteiger partial charge in [0.1, 0.15) is 0 Å². The maximum absolute atomic E-state index is 12.9. The van der Waals surface area contributed by atoms with Gasteiger partial charge in [-0.2, -0.15) is 8.78 Å². The Labute approximate surface area is 105 Å². The van der Waals surface area contributed by atoms with Crippen molar-refractivity contribution in [2.24, 2.45) is 0 Å². The summed E-state index contributed by atoms with van der Waals surface area (Å²) < 4.78 is 30.5. The molecule has 1 aliphatic rings. The second kappa shape index (κ2) is 6.47. The molecular formula is C12H17F2NO3. The van der Waals surface area contributed by atoms with E-state index < -0.39 is 18.1 Å². The van der Waals surface area contributed by atoms with E-state index in [0.717, 1.165) is 0 Å². The SMILES string of the molecule is CCOC(=O)CCC=CN1CCC(F)(F)C(=O)C1. The number of esters is 1. The van der Waals surface area contributed by atoms with Gasteiger partial charge in [0.15, 0.2) is 0 Å². The highest BCUT2D eigenvalue weighted by atomic mass is 19.3. The van der Waals surface area contributed by atoms with Crippen LogP contribution in [-0.2, 0) is 14.3 Å². The summed E-state index contributed by atoms with van der Waals surface area (Å²) in [5.74, 6) is -4.53. The number of Topliss-reactive ketones (excluding diaryl/α,β-unsaturated/α-hetero) is 1. The molecule has 0 atom stereocenters. The first-order valence-corrected chi connectivity index (χ1v) is 5.93. The van der Waals surface area contributed by atoms with E-state index in [4.69, 9.17) is 4.74 Å². The molecule has 0 aromatic carbocycles. The lowest BCUT2D eigenvalue weighted by Crippen LogP contribution is -2.45. The lowest BCUT2D eigenvalue weighted by molar-refractivity contribution is -0.149. The normalized spacial score (nSPS) is 19.3. The molecule has 1 heterocycles. The fourth-order valence-electron chi connectivity index (χ4n) is 1.59.